The molecule has 1 aliphatic rings. The Bertz CT molecular complexity index is 1310. The summed E-state index contributed by atoms with van der Waals surface area (Å²) in [6.45, 7) is 6.06. The molecule has 2 aromatic carbocycles. The minimum atomic E-state index is -1.36. The third kappa shape index (κ3) is 5.32. The van der Waals surface area contributed by atoms with Crippen LogP contribution in [-0.4, -0.2) is 51.2 Å². The number of ether oxygens (including phenoxy) is 2. The van der Waals surface area contributed by atoms with E-state index in [-0.39, 0.29) is 43.4 Å². The SMILES string of the molecule is CCOC(=O)c1cc2n(n1)C[C@](C)(C(=O)NCc1ccc(F)cc1)N(Cc1ccccc1OCC)C2=O. The van der Waals surface area contributed by atoms with E-state index in [1.54, 1.807) is 26.0 Å². The molecule has 4 rings (SSSR count). The summed E-state index contributed by atoms with van der Waals surface area (Å²) in [7, 11) is 0. The lowest BCUT2D eigenvalue weighted by atomic mass is 9.93. The predicted molar refractivity (Wildman–Crippen MR) is 132 cm³/mol. The number of esters is 1. The van der Waals surface area contributed by atoms with E-state index in [0.717, 1.165) is 5.56 Å². The molecule has 0 aliphatic carbocycles. The summed E-state index contributed by atoms with van der Waals surface area (Å²) in [6.07, 6.45) is 0. The molecule has 0 saturated carbocycles. The van der Waals surface area contributed by atoms with Crippen molar-refractivity contribution >= 4 is 17.8 Å². The van der Waals surface area contributed by atoms with E-state index in [1.165, 1.54) is 27.8 Å². The molecular formula is C27H29FN4O5. The lowest BCUT2D eigenvalue weighted by Crippen LogP contribution is -2.63. The highest BCUT2D eigenvalue weighted by atomic mass is 19.1. The second kappa shape index (κ2) is 10.8. The van der Waals surface area contributed by atoms with Crippen LogP contribution in [0.2, 0.25) is 0 Å². The summed E-state index contributed by atoms with van der Waals surface area (Å²) in [6, 6.07) is 14.5. The number of aromatic nitrogens is 2. The zero-order valence-corrected chi connectivity index (χ0v) is 21.0. The van der Waals surface area contributed by atoms with Gasteiger partial charge in [-0.2, -0.15) is 5.10 Å². The maximum Gasteiger partial charge on any atom is 0.358 e. The average molecular weight is 509 g/mol. The van der Waals surface area contributed by atoms with Gasteiger partial charge in [0.05, 0.1) is 26.3 Å². The monoisotopic (exact) mass is 508 g/mol. The number of hydrogen-bond acceptors (Lipinski definition) is 6. The molecular weight excluding hydrogens is 479 g/mol. The predicted octanol–water partition coefficient (Wildman–Crippen LogP) is 3.33. The number of nitrogens with zero attached hydrogens (tertiary/aromatic N) is 3. The molecule has 1 N–H and O–H groups in total. The molecule has 0 bridgehead atoms. The molecule has 194 valence electrons. The largest absolute Gasteiger partial charge is 0.494 e. The second-order valence-corrected chi connectivity index (χ2v) is 8.81. The van der Waals surface area contributed by atoms with Crippen molar-refractivity contribution in [2.24, 2.45) is 0 Å². The number of halogens is 1. The van der Waals surface area contributed by atoms with Crippen LogP contribution in [-0.2, 0) is 29.2 Å². The molecule has 1 aliphatic heterocycles. The quantitative estimate of drug-likeness (QED) is 0.445. The van der Waals surface area contributed by atoms with E-state index < -0.39 is 23.3 Å². The first-order valence-electron chi connectivity index (χ1n) is 12.1. The first-order chi connectivity index (χ1) is 17.8. The first kappa shape index (κ1) is 25.9. The van der Waals surface area contributed by atoms with Crippen molar-refractivity contribution < 1.29 is 28.2 Å². The Morgan fingerprint density at radius 2 is 1.84 bits per heavy atom. The minimum Gasteiger partial charge on any atom is -0.494 e. The highest BCUT2D eigenvalue weighted by molar-refractivity contribution is 6.01. The van der Waals surface area contributed by atoms with E-state index >= 15 is 0 Å². The molecule has 0 unspecified atom stereocenters. The summed E-state index contributed by atoms with van der Waals surface area (Å²) in [5.74, 6) is -1.29. The normalized spacial score (nSPS) is 16.8. The van der Waals surface area contributed by atoms with Crippen LogP contribution in [0.25, 0.3) is 0 Å². The second-order valence-electron chi connectivity index (χ2n) is 8.81. The Kier molecular flexibility index (Phi) is 7.56. The summed E-state index contributed by atoms with van der Waals surface area (Å²) in [5, 5.41) is 7.13. The third-order valence-electron chi connectivity index (χ3n) is 6.24. The number of rotatable bonds is 9. The van der Waals surface area contributed by atoms with Crippen molar-refractivity contribution in [1.82, 2.24) is 20.0 Å². The van der Waals surface area contributed by atoms with Crippen LogP contribution in [0, 0.1) is 5.82 Å². The van der Waals surface area contributed by atoms with Crippen LogP contribution in [0.3, 0.4) is 0 Å². The lowest BCUT2D eigenvalue weighted by Gasteiger charge is -2.43. The number of fused-ring (bicyclic) bond motifs is 1. The number of benzene rings is 2. The molecule has 3 aromatic rings. The number of nitrogens with one attached hydrogen (secondary N) is 1. The summed E-state index contributed by atoms with van der Waals surface area (Å²) < 4.78 is 25.4. The van der Waals surface area contributed by atoms with Crippen molar-refractivity contribution in [2.75, 3.05) is 13.2 Å². The van der Waals surface area contributed by atoms with Crippen molar-refractivity contribution in [1.29, 1.82) is 0 Å². The van der Waals surface area contributed by atoms with Crippen LogP contribution >= 0.6 is 0 Å². The molecule has 10 heteroatoms. The van der Waals surface area contributed by atoms with Crippen molar-refractivity contribution in [3.05, 3.63) is 82.9 Å². The Balaban J connectivity index is 1.69. The Labute approximate surface area is 214 Å². The van der Waals surface area contributed by atoms with Gasteiger partial charge >= 0.3 is 5.97 Å². The molecule has 1 aromatic heterocycles. The van der Waals surface area contributed by atoms with E-state index in [2.05, 4.69) is 10.4 Å². The Morgan fingerprint density at radius 1 is 1.11 bits per heavy atom. The molecule has 2 heterocycles. The zero-order chi connectivity index (χ0) is 26.6. The van der Waals surface area contributed by atoms with Gasteiger partial charge in [-0.25, -0.2) is 9.18 Å². The van der Waals surface area contributed by atoms with Crippen LogP contribution in [0.15, 0.2) is 54.6 Å². The van der Waals surface area contributed by atoms with Crippen LogP contribution in [0.1, 0.15) is 52.9 Å². The van der Waals surface area contributed by atoms with E-state index in [0.29, 0.717) is 17.9 Å². The molecule has 2 amide bonds. The highest BCUT2D eigenvalue weighted by Crippen LogP contribution is 2.31. The van der Waals surface area contributed by atoms with Crippen molar-refractivity contribution in [3.63, 3.8) is 0 Å². The van der Waals surface area contributed by atoms with Gasteiger partial charge in [0.15, 0.2) is 5.69 Å². The number of para-hydroxylation sites is 1. The average Bonchev–Trinajstić information content (AvgIpc) is 3.31. The van der Waals surface area contributed by atoms with Gasteiger partial charge in [-0.3, -0.25) is 14.3 Å². The van der Waals surface area contributed by atoms with Gasteiger partial charge < -0.3 is 19.7 Å². The van der Waals surface area contributed by atoms with E-state index in [4.69, 9.17) is 9.47 Å². The van der Waals surface area contributed by atoms with Crippen LogP contribution in [0.5, 0.6) is 5.75 Å². The molecule has 9 nitrogen and oxygen atoms in total. The Hall–Kier alpha value is -4.21. The summed E-state index contributed by atoms with van der Waals surface area (Å²) in [4.78, 5) is 41.2. The van der Waals surface area contributed by atoms with Gasteiger partial charge in [0.2, 0.25) is 5.91 Å². The van der Waals surface area contributed by atoms with Crippen LogP contribution in [0.4, 0.5) is 4.39 Å². The maximum absolute atomic E-state index is 13.8. The van der Waals surface area contributed by atoms with E-state index in [9.17, 15) is 18.8 Å². The number of carbonyl (C=O) groups is 3. The maximum atomic E-state index is 13.8. The smallest absolute Gasteiger partial charge is 0.358 e. The van der Waals surface area contributed by atoms with Crippen molar-refractivity contribution in [3.8, 4) is 5.75 Å². The molecule has 0 radical (unpaired) electrons. The molecule has 0 fully saturated rings. The van der Waals surface area contributed by atoms with Crippen LogP contribution < -0.4 is 10.1 Å². The first-order valence-corrected chi connectivity index (χ1v) is 12.1. The van der Waals surface area contributed by atoms with Gasteiger partial charge in [0.1, 0.15) is 22.8 Å². The fourth-order valence-corrected chi connectivity index (χ4v) is 4.27. The highest BCUT2D eigenvalue weighted by Gasteiger charge is 2.48. The molecule has 0 spiro atoms. The number of carbonyl (C=O) groups excluding carboxylic acids is 3. The number of amides is 2. The topological polar surface area (TPSA) is 103 Å². The van der Waals surface area contributed by atoms with Crippen molar-refractivity contribution in [2.45, 2.75) is 45.9 Å². The molecule has 1 atom stereocenters. The Morgan fingerprint density at radius 3 is 2.54 bits per heavy atom. The van der Waals surface area contributed by atoms with Gasteiger partial charge in [-0.15, -0.1) is 0 Å². The molecule has 0 saturated heterocycles. The third-order valence-corrected chi connectivity index (χ3v) is 6.24. The van der Waals surface area contributed by atoms with Gasteiger partial charge in [0, 0.05) is 18.2 Å². The fraction of sp³-hybridized carbons (Fsp3) is 0.333. The standard InChI is InChI=1S/C27H29FN4O5/c1-4-36-23-9-7-6-8-19(23)16-31-24(33)22-14-21(25(34)37-5-2)30-32(22)17-27(31,3)26(35)29-15-18-10-12-20(28)13-11-18/h6-14H,4-5,15-17H2,1-3H3,(H,29,35)/t27-/m1/s1. The number of hydrogen-bond donors (Lipinski definition) is 1. The minimum absolute atomic E-state index is 0.00385. The van der Waals surface area contributed by atoms with E-state index in [1.807, 2.05) is 31.2 Å². The van der Waals surface area contributed by atoms with Gasteiger partial charge in [-0.05, 0) is 44.5 Å². The summed E-state index contributed by atoms with van der Waals surface area (Å²) >= 11 is 0. The van der Waals surface area contributed by atoms with Gasteiger partial charge in [-0.1, -0.05) is 30.3 Å². The molecule has 37 heavy (non-hydrogen) atoms. The lowest BCUT2D eigenvalue weighted by molar-refractivity contribution is -0.133. The summed E-state index contributed by atoms with van der Waals surface area (Å²) in [5.41, 5.74) is 0.255. The van der Waals surface area contributed by atoms with Gasteiger partial charge in [0.25, 0.3) is 5.91 Å². The zero-order valence-electron chi connectivity index (χ0n) is 21.0. The fourth-order valence-electron chi connectivity index (χ4n) is 4.27.